The number of hydrogen-bond donors (Lipinski definition) is 0. The summed E-state index contributed by atoms with van der Waals surface area (Å²) < 4.78 is 0. The Morgan fingerprint density at radius 3 is 2.22 bits per heavy atom. The number of benzene rings is 2. The van der Waals surface area contributed by atoms with Crippen molar-refractivity contribution in [1.82, 2.24) is 4.90 Å². The number of non-ortho nitro benzene ring substituents is 1. The van der Waals surface area contributed by atoms with Crippen LogP contribution in [-0.4, -0.2) is 23.7 Å². The fourth-order valence-corrected chi connectivity index (χ4v) is 4.11. The van der Waals surface area contributed by atoms with E-state index in [2.05, 4.69) is 25.3 Å². The van der Waals surface area contributed by atoms with Crippen LogP contribution in [0.3, 0.4) is 0 Å². The molecule has 0 fully saturated rings. The molecule has 1 aliphatic rings. The highest BCUT2D eigenvalue weighted by atomic mass is 28.3. The highest BCUT2D eigenvalue weighted by Crippen LogP contribution is 2.32. The summed E-state index contributed by atoms with van der Waals surface area (Å²) in [5.41, 5.74) is 5.23. The number of ketones is 1. The van der Waals surface area contributed by atoms with Gasteiger partial charge in [0.05, 0.1) is 18.7 Å². The minimum Gasteiger partial charge on any atom is -0.340 e. The summed E-state index contributed by atoms with van der Waals surface area (Å²) in [4.78, 5) is 25.5. The van der Waals surface area contributed by atoms with Crippen LogP contribution in [0.5, 0.6) is 0 Å². The second-order valence-corrected chi connectivity index (χ2v) is 12.7. The van der Waals surface area contributed by atoms with Gasteiger partial charge >= 0.3 is 0 Å². The first-order valence-electron chi connectivity index (χ1n) is 8.79. The van der Waals surface area contributed by atoms with Crippen molar-refractivity contribution in [3.63, 3.8) is 0 Å². The summed E-state index contributed by atoms with van der Waals surface area (Å²) in [7, 11) is -1.62. The third-order valence-corrected chi connectivity index (χ3v) is 5.37. The van der Waals surface area contributed by atoms with Crippen LogP contribution in [0.1, 0.15) is 11.1 Å². The van der Waals surface area contributed by atoms with Crippen LogP contribution in [0.4, 0.5) is 5.69 Å². The van der Waals surface area contributed by atoms with Gasteiger partial charge in [0.25, 0.3) is 5.69 Å². The van der Waals surface area contributed by atoms with Crippen molar-refractivity contribution in [3.05, 3.63) is 93.4 Å². The molecule has 2 aromatic rings. The summed E-state index contributed by atoms with van der Waals surface area (Å²) in [6.45, 7) is 7.19. The Hall–Kier alpha value is -2.99. The third kappa shape index (κ3) is 4.41. The molecule has 0 unspecified atom stereocenters. The number of hydrogen-bond acceptors (Lipinski definition) is 4. The van der Waals surface area contributed by atoms with E-state index >= 15 is 0 Å². The van der Waals surface area contributed by atoms with E-state index in [9.17, 15) is 14.9 Å². The standard InChI is InChI=1S/C21H22N2O3Si/c1-27(2,3)15-20-21(24)19(17-9-11-18(12-10-17)23(25)26)14-22(20)13-16-7-5-4-6-8-16/h4-12,14-15H,13H2,1-3H3/b20-15+. The molecule has 0 N–H and O–H groups in total. The van der Waals surface area contributed by atoms with E-state index in [-0.39, 0.29) is 11.5 Å². The third-order valence-electron chi connectivity index (χ3n) is 4.23. The largest absolute Gasteiger partial charge is 0.340 e. The Morgan fingerprint density at radius 2 is 1.67 bits per heavy atom. The molecule has 138 valence electrons. The van der Waals surface area contributed by atoms with Gasteiger partial charge in [-0.3, -0.25) is 14.9 Å². The van der Waals surface area contributed by atoms with Crippen LogP contribution in [0, 0.1) is 10.1 Å². The van der Waals surface area contributed by atoms with Gasteiger partial charge in [0, 0.05) is 30.5 Å². The predicted octanol–water partition coefficient (Wildman–Crippen LogP) is 4.78. The quantitative estimate of drug-likeness (QED) is 0.325. The maximum atomic E-state index is 13.1. The molecule has 1 aliphatic heterocycles. The molecule has 0 radical (unpaired) electrons. The maximum absolute atomic E-state index is 13.1. The molecule has 0 aliphatic carbocycles. The number of nitro groups is 1. The zero-order valence-corrected chi connectivity index (χ0v) is 16.7. The smallest absolute Gasteiger partial charge is 0.269 e. The first-order valence-corrected chi connectivity index (χ1v) is 12.4. The van der Waals surface area contributed by atoms with E-state index < -0.39 is 13.0 Å². The molecule has 5 nitrogen and oxygen atoms in total. The van der Waals surface area contributed by atoms with E-state index in [1.165, 1.54) is 12.1 Å². The number of nitrogens with zero attached hydrogens (tertiary/aromatic N) is 2. The number of nitro benzene ring substituents is 1. The molecule has 2 aromatic carbocycles. The van der Waals surface area contributed by atoms with Gasteiger partial charge in [0.15, 0.2) is 0 Å². The van der Waals surface area contributed by atoms with Crippen molar-refractivity contribution in [2.45, 2.75) is 26.2 Å². The van der Waals surface area contributed by atoms with E-state index in [1.807, 2.05) is 41.4 Å². The van der Waals surface area contributed by atoms with E-state index in [1.54, 1.807) is 12.1 Å². The Balaban J connectivity index is 1.98. The number of carbonyl (C=O) groups excluding carboxylic acids is 1. The van der Waals surface area contributed by atoms with Gasteiger partial charge in [-0.2, -0.15) is 0 Å². The van der Waals surface area contributed by atoms with E-state index in [4.69, 9.17) is 0 Å². The molecule has 0 atom stereocenters. The van der Waals surface area contributed by atoms with Gasteiger partial charge in [-0.25, -0.2) is 0 Å². The maximum Gasteiger partial charge on any atom is 0.269 e. The van der Waals surface area contributed by atoms with Gasteiger partial charge in [-0.15, -0.1) is 0 Å². The molecule has 0 bridgehead atoms. The SMILES string of the molecule is C[Si](C)(C)/C=C1\C(=O)C(c2ccc([N+](=O)[O-])cc2)=CN1Cc1ccccc1. The number of rotatable bonds is 5. The van der Waals surface area contributed by atoms with Crippen molar-refractivity contribution in [2.24, 2.45) is 0 Å². The van der Waals surface area contributed by atoms with Gasteiger partial charge in [0.1, 0.15) is 0 Å². The minimum atomic E-state index is -1.62. The number of allylic oxidation sites excluding steroid dienone is 1. The monoisotopic (exact) mass is 378 g/mol. The van der Waals surface area contributed by atoms with Gasteiger partial charge in [-0.05, 0) is 23.3 Å². The summed E-state index contributed by atoms with van der Waals surface area (Å²) in [6.07, 6.45) is 1.86. The molecule has 0 saturated carbocycles. The van der Waals surface area contributed by atoms with Crippen molar-refractivity contribution in [3.8, 4) is 0 Å². The highest BCUT2D eigenvalue weighted by molar-refractivity contribution is 6.81. The van der Waals surface area contributed by atoms with Crippen LogP contribution >= 0.6 is 0 Å². The zero-order chi connectivity index (χ0) is 19.6. The lowest BCUT2D eigenvalue weighted by atomic mass is 10.0. The average molecular weight is 379 g/mol. The topological polar surface area (TPSA) is 63.4 Å². The lowest BCUT2D eigenvalue weighted by molar-refractivity contribution is -0.384. The molecule has 0 saturated heterocycles. The van der Waals surface area contributed by atoms with Crippen LogP contribution in [0.2, 0.25) is 19.6 Å². The minimum absolute atomic E-state index is 0.0174. The molecule has 1 heterocycles. The molecule has 3 rings (SSSR count). The predicted molar refractivity (Wildman–Crippen MR) is 109 cm³/mol. The fraction of sp³-hybridized carbons (Fsp3) is 0.190. The van der Waals surface area contributed by atoms with Gasteiger partial charge in [-0.1, -0.05) is 55.7 Å². The molecule has 0 amide bonds. The summed E-state index contributed by atoms with van der Waals surface area (Å²) in [5.74, 6) is -0.0257. The van der Waals surface area contributed by atoms with Crippen LogP contribution in [0.25, 0.3) is 5.57 Å². The number of Topliss-reactive ketones (excluding diaryl/α,β-unsaturated/α-hetero) is 1. The fourth-order valence-electron chi connectivity index (χ4n) is 2.99. The summed E-state index contributed by atoms with van der Waals surface area (Å²) >= 11 is 0. The van der Waals surface area contributed by atoms with Gasteiger partial charge in [0.2, 0.25) is 5.78 Å². The Kier molecular flexibility index (Phi) is 5.10. The molecule has 6 heteroatoms. The lowest BCUT2D eigenvalue weighted by Crippen LogP contribution is -2.24. The van der Waals surface area contributed by atoms with Crippen molar-refractivity contribution in [2.75, 3.05) is 0 Å². The molecule has 27 heavy (non-hydrogen) atoms. The Morgan fingerprint density at radius 1 is 1.04 bits per heavy atom. The first kappa shape index (κ1) is 18.8. The average Bonchev–Trinajstić information content (AvgIpc) is 2.91. The molecule has 0 aromatic heterocycles. The van der Waals surface area contributed by atoms with Crippen molar-refractivity contribution >= 4 is 25.1 Å². The summed E-state index contributed by atoms with van der Waals surface area (Å²) in [5, 5.41) is 10.9. The van der Waals surface area contributed by atoms with Gasteiger partial charge < -0.3 is 4.90 Å². The Labute approximate surface area is 159 Å². The van der Waals surface area contributed by atoms with E-state index in [0.29, 0.717) is 23.4 Å². The normalized spacial score (nSPS) is 16.0. The van der Waals surface area contributed by atoms with Crippen molar-refractivity contribution in [1.29, 1.82) is 0 Å². The molecular weight excluding hydrogens is 356 g/mol. The zero-order valence-electron chi connectivity index (χ0n) is 15.7. The molecule has 0 spiro atoms. The molecular formula is C21H22N2O3Si. The van der Waals surface area contributed by atoms with Crippen LogP contribution < -0.4 is 0 Å². The second-order valence-electron chi connectivity index (χ2n) is 7.68. The first-order chi connectivity index (χ1) is 12.7. The van der Waals surface area contributed by atoms with Crippen LogP contribution in [0.15, 0.2) is 72.2 Å². The number of carbonyl (C=O) groups is 1. The lowest BCUT2D eigenvalue weighted by Gasteiger charge is -2.20. The Bertz CT molecular complexity index is 926. The van der Waals surface area contributed by atoms with E-state index in [0.717, 1.165) is 5.56 Å². The summed E-state index contributed by atoms with van der Waals surface area (Å²) in [6, 6.07) is 16.2. The van der Waals surface area contributed by atoms with Crippen LogP contribution in [-0.2, 0) is 11.3 Å². The van der Waals surface area contributed by atoms with Crippen molar-refractivity contribution < 1.29 is 9.72 Å². The highest BCUT2D eigenvalue weighted by Gasteiger charge is 2.30. The second kappa shape index (κ2) is 7.32.